The Labute approximate surface area is 135 Å². The summed E-state index contributed by atoms with van der Waals surface area (Å²) in [6, 6.07) is 5.26. The van der Waals surface area contributed by atoms with Crippen LogP contribution in [0.4, 0.5) is 0 Å². The number of hydrogen-bond acceptors (Lipinski definition) is 5. The number of rotatable bonds is 5. The summed E-state index contributed by atoms with van der Waals surface area (Å²) in [4.78, 5) is 10.5. The van der Waals surface area contributed by atoms with Gasteiger partial charge in [-0.15, -0.1) is 0 Å². The van der Waals surface area contributed by atoms with Gasteiger partial charge in [-0.05, 0) is 25.1 Å². The third-order valence-electron chi connectivity index (χ3n) is 3.92. The Kier molecular flexibility index (Phi) is 4.81. The maximum Gasteiger partial charge on any atom is 0.308 e. The van der Waals surface area contributed by atoms with Gasteiger partial charge in [-0.2, -0.15) is 4.31 Å². The molecule has 0 unspecified atom stereocenters. The number of carbonyl (C=O) groups is 1. The summed E-state index contributed by atoms with van der Waals surface area (Å²) in [5, 5.41) is 9.13. The summed E-state index contributed by atoms with van der Waals surface area (Å²) >= 11 is 0. The second-order valence-electron chi connectivity index (χ2n) is 5.40. The molecule has 0 amide bonds. The molecule has 1 aliphatic rings. The molecular formula is C13H18N2O6S2. The normalized spacial score (nSPS) is 23.0. The molecule has 10 heteroatoms. The molecule has 1 aliphatic heterocycles. The van der Waals surface area contributed by atoms with E-state index in [4.69, 9.17) is 5.11 Å². The fourth-order valence-corrected chi connectivity index (χ4v) is 5.67. The summed E-state index contributed by atoms with van der Waals surface area (Å²) in [6.07, 6.45) is 0. The van der Waals surface area contributed by atoms with Gasteiger partial charge in [0.25, 0.3) is 0 Å². The van der Waals surface area contributed by atoms with Crippen molar-refractivity contribution in [2.45, 2.75) is 16.7 Å². The number of nitrogens with zero attached hydrogens (tertiary/aromatic N) is 1. The van der Waals surface area contributed by atoms with Gasteiger partial charge < -0.3 is 5.11 Å². The second kappa shape index (κ2) is 6.19. The van der Waals surface area contributed by atoms with E-state index in [1.165, 1.54) is 31.3 Å². The Balaban J connectivity index is 2.49. The van der Waals surface area contributed by atoms with Gasteiger partial charge in [-0.25, -0.2) is 21.6 Å². The van der Waals surface area contributed by atoms with Crippen molar-refractivity contribution in [3.8, 4) is 0 Å². The number of aliphatic carboxylic acids is 1. The minimum absolute atomic E-state index is 0.0350. The Bertz CT molecular complexity index is 819. The summed E-state index contributed by atoms with van der Waals surface area (Å²) in [5.41, 5.74) is 0. The van der Waals surface area contributed by atoms with E-state index in [-0.39, 0.29) is 28.8 Å². The highest BCUT2D eigenvalue weighted by atomic mass is 32.2. The van der Waals surface area contributed by atoms with Crippen LogP contribution < -0.4 is 4.72 Å². The average Bonchev–Trinajstić information content (AvgIpc) is 2.90. The first kappa shape index (κ1) is 17.9. The molecule has 1 aromatic carbocycles. The summed E-state index contributed by atoms with van der Waals surface area (Å²) in [5.74, 6) is -2.22. The number of benzene rings is 1. The van der Waals surface area contributed by atoms with E-state index < -0.39 is 31.9 Å². The van der Waals surface area contributed by atoms with Crippen LogP contribution in [0, 0.1) is 11.8 Å². The zero-order chi connectivity index (χ0) is 17.4. The first-order valence-electron chi connectivity index (χ1n) is 6.87. The first-order chi connectivity index (χ1) is 10.6. The van der Waals surface area contributed by atoms with Gasteiger partial charge in [0.15, 0.2) is 0 Å². The van der Waals surface area contributed by atoms with Crippen molar-refractivity contribution in [2.75, 3.05) is 20.1 Å². The summed E-state index contributed by atoms with van der Waals surface area (Å²) in [6.45, 7) is 1.52. The van der Waals surface area contributed by atoms with Gasteiger partial charge in [0.05, 0.1) is 5.92 Å². The minimum Gasteiger partial charge on any atom is -0.481 e. The van der Waals surface area contributed by atoms with Crippen LogP contribution in [0.3, 0.4) is 0 Å². The molecule has 0 spiro atoms. The highest BCUT2D eigenvalue weighted by molar-refractivity contribution is 7.92. The quantitative estimate of drug-likeness (QED) is 0.757. The van der Waals surface area contributed by atoms with Gasteiger partial charge in [0, 0.05) is 13.1 Å². The van der Waals surface area contributed by atoms with Crippen LogP contribution in [0.15, 0.2) is 34.1 Å². The van der Waals surface area contributed by atoms with Crippen LogP contribution in [-0.2, 0) is 24.8 Å². The highest BCUT2D eigenvalue weighted by Crippen LogP contribution is 2.31. The largest absolute Gasteiger partial charge is 0.481 e. The van der Waals surface area contributed by atoms with E-state index in [0.717, 1.165) is 4.31 Å². The van der Waals surface area contributed by atoms with Crippen molar-refractivity contribution < 1.29 is 26.7 Å². The Morgan fingerprint density at radius 3 is 2.22 bits per heavy atom. The van der Waals surface area contributed by atoms with Crippen molar-refractivity contribution in [3.63, 3.8) is 0 Å². The first-order valence-corrected chi connectivity index (χ1v) is 9.79. The van der Waals surface area contributed by atoms with Crippen molar-refractivity contribution in [2.24, 2.45) is 11.8 Å². The highest BCUT2D eigenvalue weighted by Gasteiger charge is 2.42. The molecule has 1 fully saturated rings. The lowest BCUT2D eigenvalue weighted by Crippen LogP contribution is -2.32. The fraction of sp³-hybridized carbons (Fsp3) is 0.462. The SMILES string of the molecule is CNS(=O)(=O)c1ccccc1S(=O)(=O)N1C[C@@H](C)[C@H](C(=O)O)C1. The molecular weight excluding hydrogens is 344 g/mol. The third kappa shape index (κ3) is 3.25. The van der Waals surface area contributed by atoms with Crippen LogP contribution in [-0.4, -0.2) is 52.4 Å². The summed E-state index contributed by atoms with van der Waals surface area (Å²) < 4.78 is 52.7. The van der Waals surface area contributed by atoms with Crippen molar-refractivity contribution in [1.82, 2.24) is 9.03 Å². The molecule has 1 saturated heterocycles. The number of nitrogens with one attached hydrogen (secondary N) is 1. The lowest BCUT2D eigenvalue weighted by Gasteiger charge is -2.18. The fourth-order valence-electron chi connectivity index (χ4n) is 2.57. The van der Waals surface area contributed by atoms with Crippen molar-refractivity contribution in [1.29, 1.82) is 0 Å². The van der Waals surface area contributed by atoms with Gasteiger partial charge in [-0.3, -0.25) is 4.79 Å². The maximum absolute atomic E-state index is 12.8. The molecule has 8 nitrogen and oxygen atoms in total. The lowest BCUT2D eigenvalue weighted by molar-refractivity contribution is -0.142. The van der Waals surface area contributed by atoms with E-state index in [1.54, 1.807) is 6.92 Å². The number of carboxylic acids is 1. The number of sulfonamides is 2. The van der Waals surface area contributed by atoms with Crippen LogP contribution in [0.1, 0.15) is 6.92 Å². The van der Waals surface area contributed by atoms with E-state index in [9.17, 15) is 21.6 Å². The average molecular weight is 362 g/mol. The maximum atomic E-state index is 12.8. The molecule has 2 atom stereocenters. The molecule has 23 heavy (non-hydrogen) atoms. The molecule has 0 radical (unpaired) electrons. The van der Waals surface area contributed by atoms with Crippen LogP contribution in [0.25, 0.3) is 0 Å². The molecule has 0 aromatic heterocycles. The van der Waals surface area contributed by atoms with E-state index in [2.05, 4.69) is 4.72 Å². The zero-order valence-corrected chi connectivity index (χ0v) is 14.3. The number of carboxylic acid groups (broad SMARTS) is 1. The van der Waals surface area contributed by atoms with Crippen molar-refractivity contribution >= 4 is 26.0 Å². The molecule has 0 bridgehead atoms. The third-order valence-corrected chi connectivity index (χ3v) is 7.41. The predicted molar refractivity (Wildman–Crippen MR) is 81.7 cm³/mol. The molecule has 2 rings (SSSR count). The summed E-state index contributed by atoms with van der Waals surface area (Å²) in [7, 11) is -6.88. The smallest absolute Gasteiger partial charge is 0.308 e. The van der Waals surface area contributed by atoms with Gasteiger partial charge in [0.2, 0.25) is 20.0 Å². The Morgan fingerprint density at radius 2 is 1.74 bits per heavy atom. The molecule has 1 heterocycles. The standard InChI is InChI=1S/C13H18N2O6S2/c1-9-7-15(8-10(9)13(16)17)23(20,21)12-6-4-3-5-11(12)22(18,19)14-2/h3-6,9-10,14H,7-8H2,1-2H3,(H,16,17)/t9-,10-/m1/s1. The molecule has 0 saturated carbocycles. The van der Waals surface area contributed by atoms with Gasteiger partial charge in [-0.1, -0.05) is 19.1 Å². The number of hydrogen-bond donors (Lipinski definition) is 2. The van der Waals surface area contributed by atoms with Gasteiger partial charge in [0.1, 0.15) is 9.79 Å². The zero-order valence-electron chi connectivity index (χ0n) is 12.6. The lowest BCUT2D eigenvalue weighted by atomic mass is 9.99. The van der Waals surface area contributed by atoms with E-state index in [1.807, 2.05) is 0 Å². The Hall–Kier alpha value is -1.49. The Morgan fingerprint density at radius 1 is 1.17 bits per heavy atom. The second-order valence-corrected chi connectivity index (χ2v) is 9.16. The van der Waals surface area contributed by atoms with Crippen LogP contribution >= 0.6 is 0 Å². The van der Waals surface area contributed by atoms with E-state index in [0.29, 0.717) is 0 Å². The predicted octanol–water partition coefficient (Wildman–Crippen LogP) is -0.0641. The molecule has 128 valence electrons. The molecule has 1 aromatic rings. The minimum atomic E-state index is -4.11. The van der Waals surface area contributed by atoms with Gasteiger partial charge >= 0.3 is 5.97 Å². The van der Waals surface area contributed by atoms with Crippen LogP contribution in [0.2, 0.25) is 0 Å². The van der Waals surface area contributed by atoms with Crippen LogP contribution in [0.5, 0.6) is 0 Å². The molecule has 2 N–H and O–H groups in total. The monoisotopic (exact) mass is 362 g/mol. The topological polar surface area (TPSA) is 121 Å². The van der Waals surface area contributed by atoms with Crippen molar-refractivity contribution in [3.05, 3.63) is 24.3 Å². The van der Waals surface area contributed by atoms with E-state index >= 15 is 0 Å². The molecule has 0 aliphatic carbocycles.